The maximum absolute atomic E-state index is 12.3. The van der Waals surface area contributed by atoms with Gasteiger partial charge in [-0.15, -0.1) is 0 Å². The van der Waals surface area contributed by atoms with Crippen LogP contribution in [0.25, 0.3) is 0 Å². The van der Waals surface area contributed by atoms with Crippen molar-refractivity contribution in [1.82, 2.24) is 5.32 Å². The molecule has 2 amide bonds. The zero-order valence-electron chi connectivity index (χ0n) is 13.4. The van der Waals surface area contributed by atoms with Crippen LogP contribution in [0.1, 0.15) is 22.8 Å². The fraction of sp³-hybridized carbons (Fsp3) is 0.222. The molecule has 0 aliphatic rings. The van der Waals surface area contributed by atoms with Crippen LogP contribution in [0.4, 0.5) is 5.69 Å². The molecule has 23 heavy (non-hydrogen) atoms. The zero-order valence-corrected chi connectivity index (χ0v) is 13.4. The van der Waals surface area contributed by atoms with Gasteiger partial charge < -0.3 is 15.4 Å². The number of ether oxygens (including phenoxy) is 1. The Kier molecular flexibility index (Phi) is 5.36. The van der Waals surface area contributed by atoms with E-state index in [-0.39, 0.29) is 11.8 Å². The van der Waals surface area contributed by atoms with Crippen molar-refractivity contribution < 1.29 is 14.3 Å². The van der Waals surface area contributed by atoms with Gasteiger partial charge in [0.25, 0.3) is 11.8 Å². The minimum atomic E-state index is -0.652. The Bertz CT molecular complexity index is 699. The van der Waals surface area contributed by atoms with Crippen molar-refractivity contribution in [2.75, 3.05) is 12.4 Å². The fourth-order valence-electron chi connectivity index (χ4n) is 2.14. The van der Waals surface area contributed by atoms with Crippen molar-refractivity contribution in [2.24, 2.45) is 0 Å². The lowest BCUT2D eigenvalue weighted by Gasteiger charge is -2.16. The van der Waals surface area contributed by atoms with Gasteiger partial charge in [0.05, 0.1) is 0 Å². The predicted octanol–water partition coefficient (Wildman–Crippen LogP) is 2.76. The Morgan fingerprint density at radius 3 is 2.39 bits per heavy atom. The third-order valence-corrected chi connectivity index (χ3v) is 3.49. The lowest BCUT2D eigenvalue weighted by atomic mass is 10.1. The average Bonchev–Trinajstić information content (AvgIpc) is 2.57. The Hall–Kier alpha value is -2.82. The highest BCUT2D eigenvalue weighted by Crippen LogP contribution is 2.20. The molecule has 0 bridgehead atoms. The van der Waals surface area contributed by atoms with Crippen LogP contribution in [0, 0.1) is 6.92 Å². The highest BCUT2D eigenvalue weighted by atomic mass is 16.5. The normalized spacial score (nSPS) is 11.4. The van der Waals surface area contributed by atoms with Gasteiger partial charge in [0.2, 0.25) is 0 Å². The molecule has 2 aromatic carbocycles. The van der Waals surface area contributed by atoms with Crippen LogP contribution in [-0.2, 0) is 4.79 Å². The second kappa shape index (κ2) is 7.45. The van der Waals surface area contributed by atoms with Gasteiger partial charge in [-0.25, -0.2) is 0 Å². The summed E-state index contributed by atoms with van der Waals surface area (Å²) in [5, 5.41) is 5.39. The van der Waals surface area contributed by atoms with Gasteiger partial charge in [-0.1, -0.05) is 24.3 Å². The summed E-state index contributed by atoms with van der Waals surface area (Å²) in [6.07, 6.45) is -0.652. The van der Waals surface area contributed by atoms with Gasteiger partial charge >= 0.3 is 0 Å². The molecule has 120 valence electrons. The number of benzene rings is 2. The van der Waals surface area contributed by atoms with Crippen LogP contribution in [0.2, 0.25) is 0 Å². The van der Waals surface area contributed by atoms with Crippen molar-refractivity contribution in [3.8, 4) is 5.75 Å². The van der Waals surface area contributed by atoms with E-state index in [2.05, 4.69) is 10.6 Å². The number of rotatable bonds is 5. The molecule has 0 fully saturated rings. The van der Waals surface area contributed by atoms with Gasteiger partial charge in [-0.3, -0.25) is 9.59 Å². The topological polar surface area (TPSA) is 67.4 Å². The van der Waals surface area contributed by atoms with E-state index in [1.165, 1.54) is 0 Å². The molecule has 0 aliphatic heterocycles. The molecule has 1 unspecified atom stereocenters. The number of carbonyl (C=O) groups is 2. The molecule has 5 nitrogen and oxygen atoms in total. The first-order valence-corrected chi connectivity index (χ1v) is 7.37. The van der Waals surface area contributed by atoms with Crippen LogP contribution < -0.4 is 15.4 Å². The molecule has 0 aromatic heterocycles. The summed E-state index contributed by atoms with van der Waals surface area (Å²) < 4.78 is 5.60. The van der Waals surface area contributed by atoms with Gasteiger partial charge in [-0.2, -0.15) is 0 Å². The molecule has 0 heterocycles. The minimum absolute atomic E-state index is 0.188. The third kappa shape index (κ3) is 4.10. The second-order valence-electron chi connectivity index (χ2n) is 5.12. The SMILES string of the molecule is CNC(=O)c1cccc(NC(=O)C(C)Oc2ccccc2)c1C. The number of carbonyl (C=O) groups excluding carboxylic acids is 2. The van der Waals surface area contributed by atoms with Crippen molar-refractivity contribution in [3.05, 3.63) is 59.7 Å². The lowest BCUT2D eigenvalue weighted by molar-refractivity contribution is -0.122. The molecule has 2 N–H and O–H groups in total. The first-order valence-electron chi connectivity index (χ1n) is 7.37. The molecule has 1 atom stereocenters. The molecule has 0 radical (unpaired) electrons. The van der Waals surface area contributed by atoms with Gasteiger partial charge in [0, 0.05) is 18.3 Å². The number of nitrogens with one attached hydrogen (secondary N) is 2. The number of anilines is 1. The summed E-state index contributed by atoms with van der Waals surface area (Å²) in [6.45, 7) is 3.48. The summed E-state index contributed by atoms with van der Waals surface area (Å²) in [5.74, 6) is 0.171. The van der Waals surface area contributed by atoms with Crippen LogP contribution in [0.3, 0.4) is 0 Å². The molecule has 0 saturated heterocycles. The van der Waals surface area contributed by atoms with Crippen LogP contribution in [-0.4, -0.2) is 25.0 Å². The van der Waals surface area contributed by atoms with Crippen LogP contribution in [0.5, 0.6) is 5.75 Å². The quantitative estimate of drug-likeness (QED) is 0.892. The van der Waals surface area contributed by atoms with E-state index >= 15 is 0 Å². The van der Waals surface area contributed by atoms with Crippen molar-refractivity contribution in [3.63, 3.8) is 0 Å². The molecule has 0 aliphatic carbocycles. The van der Waals surface area contributed by atoms with Gasteiger partial charge in [0.1, 0.15) is 5.75 Å². The van der Waals surface area contributed by atoms with Crippen LogP contribution >= 0.6 is 0 Å². The number of hydrogen-bond acceptors (Lipinski definition) is 3. The highest BCUT2D eigenvalue weighted by Gasteiger charge is 2.17. The predicted molar refractivity (Wildman–Crippen MR) is 89.7 cm³/mol. The minimum Gasteiger partial charge on any atom is -0.481 e. The summed E-state index contributed by atoms with van der Waals surface area (Å²) in [5.41, 5.74) is 1.84. The van der Waals surface area contributed by atoms with E-state index in [1.807, 2.05) is 18.2 Å². The highest BCUT2D eigenvalue weighted by molar-refractivity contribution is 6.00. The van der Waals surface area contributed by atoms with Gasteiger partial charge in [0.15, 0.2) is 6.10 Å². The zero-order chi connectivity index (χ0) is 16.8. The molecule has 2 aromatic rings. The first-order chi connectivity index (χ1) is 11.0. The van der Waals surface area contributed by atoms with Crippen LogP contribution in [0.15, 0.2) is 48.5 Å². The monoisotopic (exact) mass is 312 g/mol. The Balaban J connectivity index is 2.09. The van der Waals surface area contributed by atoms with Crippen molar-refractivity contribution in [1.29, 1.82) is 0 Å². The molecular weight excluding hydrogens is 292 g/mol. The van der Waals surface area contributed by atoms with E-state index in [0.29, 0.717) is 22.6 Å². The number of hydrogen-bond donors (Lipinski definition) is 2. The molecule has 5 heteroatoms. The lowest BCUT2D eigenvalue weighted by Crippen LogP contribution is -2.30. The van der Waals surface area contributed by atoms with E-state index in [0.717, 1.165) is 0 Å². The number of amides is 2. The molecule has 0 saturated carbocycles. The Morgan fingerprint density at radius 2 is 1.74 bits per heavy atom. The molecule has 0 spiro atoms. The first kappa shape index (κ1) is 16.5. The summed E-state index contributed by atoms with van der Waals surface area (Å²) in [6, 6.07) is 14.4. The largest absolute Gasteiger partial charge is 0.481 e. The maximum Gasteiger partial charge on any atom is 0.265 e. The molecular formula is C18H20N2O3. The summed E-state index contributed by atoms with van der Waals surface area (Å²) in [7, 11) is 1.57. The smallest absolute Gasteiger partial charge is 0.265 e. The second-order valence-corrected chi connectivity index (χ2v) is 5.12. The van der Waals surface area contributed by atoms with E-state index in [9.17, 15) is 9.59 Å². The Labute approximate surface area is 135 Å². The Morgan fingerprint density at radius 1 is 1.04 bits per heavy atom. The van der Waals surface area contributed by atoms with E-state index in [4.69, 9.17) is 4.74 Å². The summed E-state index contributed by atoms with van der Waals surface area (Å²) >= 11 is 0. The summed E-state index contributed by atoms with van der Waals surface area (Å²) in [4.78, 5) is 24.1. The third-order valence-electron chi connectivity index (χ3n) is 3.49. The van der Waals surface area contributed by atoms with E-state index < -0.39 is 6.10 Å². The standard InChI is InChI=1S/C18H20N2O3/c1-12-15(18(22)19-3)10-7-11-16(12)20-17(21)13(2)23-14-8-5-4-6-9-14/h4-11,13H,1-3H3,(H,19,22)(H,20,21). The fourth-order valence-corrected chi connectivity index (χ4v) is 2.14. The van der Waals surface area contributed by atoms with E-state index in [1.54, 1.807) is 51.2 Å². The van der Waals surface area contributed by atoms with Gasteiger partial charge in [-0.05, 0) is 43.7 Å². The van der Waals surface area contributed by atoms with Crippen molar-refractivity contribution >= 4 is 17.5 Å². The molecule has 2 rings (SSSR count). The maximum atomic E-state index is 12.3. The number of para-hydroxylation sites is 1. The average molecular weight is 312 g/mol. The van der Waals surface area contributed by atoms with Crippen molar-refractivity contribution in [2.45, 2.75) is 20.0 Å².